The van der Waals surface area contributed by atoms with Gasteiger partial charge in [0.15, 0.2) is 0 Å². The van der Waals surface area contributed by atoms with Gasteiger partial charge in [-0.2, -0.15) is 0 Å². The van der Waals surface area contributed by atoms with Gasteiger partial charge in [0.2, 0.25) is 0 Å². The zero-order chi connectivity index (χ0) is 19.0. The first-order valence-electron chi connectivity index (χ1n) is 8.52. The van der Waals surface area contributed by atoms with E-state index in [-0.39, 0.29) is 11.1 Å². The SMILES string of the molecule is CC(N)(CI)c1ccc(-c2nc3cc[nH]c(=O)c3cc2-c2cccs2)cc1. The smallest absolute Gasteiger partial charge is 0.257 e. The second-order valence-electron chi connectivity index (χ2n) is 6.73. The molecule has 0 saturated carbocycles. The molecule has 4 nitrogen and oxygen atoms in total. The van der Waals surface area contributed by atoms with Crippen LogP contribution in [-0.2, 0) is 5.54 Å². The Kier molecular flexibility index (Phi) is 4.88. The van der Waals surface area contributed by atoms with Gasteiger partial charge in [0.1, 0.15) is 0 Å². The highest BCUT2D eigenvalue weighted by molar-refractivity contribution is 14.1. The molecule has 0 spiro atoms. The van der Waals surface area contributed by atoms with Crippen molar-refractivity contribution in [1.82, 2.24) is 9.97 Å². The molecule has 0 bridgehead atoms. The Morgan fingerprint density at radius 1 is 1.22 bits per heavy atom. The molecule has 4 rings (SSSR count). The molecule has 3 aromatic heterocycles. The quantitative estimate of drug-likeness (QED) is 0.317. The minimum absolute atomic E-state index is 0.124. The summed E-state index contributed by atoms with van der Waals surface area (Å²) >= 11 is 3.95. The zero-order valence-electron chi connectivity index (χ0n) is 14.7. The number of H-pyrrole nitrogens is 1. The summed E-state index contributed by atoms with van der Waals surface area (Å²) in [4.78, 5) is 20.9. The molecule has 0 aliphatic rings. The average Bonchev–Trinajstić information content (AvgIpc) is 3.22. The number of aromatic nitrogens is 2. The first-order valence-corrected chi connectivity index (χ1v) is 10.9. The number of fused-ring (bicyclic) bond motifs is 1. The summed E-state index contributed by atoms with van der Waals surface area (Å²) in [5, 5.41) is 2.63. The lowest BCUT2D eigenvalue weighted by Gasteiger charge is -2.22. The Morgan fingerprint density at radius 3 is 2.67 bits per heavy atom. The molecule has 0 saturated heterocycles. The molecule has 0 aliphatic heterocycles. The number of hydrogen-bond donors (Lipinski definition) is 2. The number of pyridine rings is 2. The fraction of sp³-hybridized carbons (Fsp3) is 0.143. The third-order valence-electron chi connectivity index (χ3n) is 4.63. The molecule has 4 aromatic rings. The van der Waals surface area contributed by atoms with Crippen molar-refractivity contribution in [3.8, 4) is 21.7 Å². The van der Waals surface area contributed by atoms with E-state index in [1.165, 1.54) is 0 Å². The van der Waals surface area contributed by atoms with Crippen LogP contribution in [0, 0.1) is 0 Å². The summed E-state index contributed by atoms with van der Waals surface area (Å²) in [7, 11) is 0. The van der Waals surface area contributed by atoms with Crippen molar-refractivity contribution in [2.45, 2.75) is 12.5 Å². The number of rotatable bonds is 4. The normalized spacial score (nSPS) is 13.6. The molecule has 1 aromatic carbocycles. The van der Waals surface area contributed by atoms with Crippen molar-refractivity contribution in [1.29, 1.82) is 0 Å². The summed E-state index contributed by atoms with van der Waals surface area (Å²) in [6.07, 6.45) is 1.63. The van der Waals surface area contributed by atoms with Crippen LogP contribution in [0.4, 0.5) is 0 Å². The Labute approximate surface area is 174 Å². The van der Waals surface area contributed by atoms with Gasteiger partial charge in [-0.1, -0.05) is 52.9 Å². The maximum atomic E-state index is 12.2. The van der Waals surface area contributed by atoms with E-state index in [2.05, 4.69) is 57.9 Å². The maximum Gasteiger partial charge on any atom is 0.257 e. The van der Waals surface area contributed by atoms with Gasteiger partial charge in [-0.15, -0.1) is 11.3 Å². The van der Waals surface area contributed by atoms with Gasteiger partial charge in [0.05, 0.1) is 16.6 Å². The maximum absolute atomic E-state index is 12.2. The van der Waals surface area contributed by atoms with Gasteiger partial charge in [0, 0.05) is 32.2 Å². The average molecular weight is 487 g/mol. The highest BCUT2D eigenvalue weighted by atomic mass is 127. The Balaban J connectivity index is 1.93. The predicted octanol–water partition coefficient (Wildman–Crippen LogP) is 4.93. The number of alkyl halides is 1. The van der Waals surface area contributed by atoms with Crippen LogP contribution >= 0.6 is 33.9 Å². The van der Waals surface area contributed by atoms with E-state index < -0.39 is 0 Å². The Bertz CT molecular complexity index is 1150. The van der Waals surface area contributed by atoms with E-state index in [4.69, 9.17) is 10.7 Å². The molecule has 6 heteroatoms. The van der Waals surface area contributed by atoms with Crippen LogP contribution in [0.3, 0.4) is 0 Å². The van der Waals surface area contributed by atoms with Crippen LogP contribution in [0.1, 0.15) is 12.5 Å². The number of nitrogens with two attached hydrogens (primary N) is 1. The van der Waals surface area contributed by atoms with Gasteiger partial charge < -0.3 is 10.7 Å². The lowest BCUT2D eigenvalue weighted by molar-refractivity contribution is 0.575. The standard InChI is InChI=1S/C21H18IN3OS/c1-21(23,12-22)14-6-4-13(5-7-14)19-16(18-3-2-10-27-18)11-15-17(25-19)8-9-24-20(15)26/h2-11H,12,23H2,1H3,(H,24,26). The number of benzene rings is 1. The van der Waals surface area contributed by atoms with Gasteiger partial charge in [-0.05, 0) is 36.1 Å². The fourth-order valence-electron chi connectivity index (χ4n) is 3.04. The third-order valence-corrected chi connectivity index (χ3v) is 7.12. The van der Waals surface area contributed by atoms with Crippen molar-refractivity contribution < 1.29 is 0 Å². The molecule has 3 heterocycles. The van der Waals surface area contributed by atoms with Crippen LogP contribution in [-0.4, -0.2) is 14.4 Å². The van der Waals surface area contributed by atoms with Crippen molar-refractivity contribution in [3.05, 3.63) is 76.0 Å². The van der Waals surface area contributed by atoms with E-state index in [1.807, 2.05) is 30.5 Å². The molecule has 0 aliphatic carbocycles. The summed E-state index contributed by atoms with van der Waals surface area (Å²) < 4.78 is 0.835. The third kappa shape index (κ3) is 3.44. The first-order chi connectivity index (χ1) is 13.0. The number of nitrogens with zero attached hydrogens (tertiary/aromatic N) is 1. The van der Waals surface area contributed by atoms with Gasteiger partial charge in [0.25, 0.3) is 5.56 Å². The summed E-state index contributed by atoms with van der Waals surface area (Å²) in [5.41, 5.74) is 10.5. The molecular weight excluding hydrogens is 469 g/mol. The van der Waals surface area contributed by atoms with Crippen LogP contribution in [0.2, 0.25) is 0 Å². The first kappa shape index (κ1) is 18.3. The van der Waals surface area contributed by atoms with Gasteiger partial charge in [-0.25, -0.2) is 4.98 Å². The monoisotopic (exact) mass is 487 g/mol. The highest BCUT2D eigenvalue weighted by Crippen LogP contribution is 2.35. The van der Waals surface area contributed by atoms with Crippen molar-refractivity contribution in [3.63, 3.8) is 0 Å². The number of halogens is 1. The molecule has 0 amide bonds. The predicted molar refractivity (Wildman–Crippen MR) is 122 cm³/mol. The number of thiophene rings is 1. The second-order valence-corrected chi connectivity index (χ2v) is 8.44. The van der Waals surface area contributed by atoms with Crippen molar-refractivity contribution in [2.75, 3.05) is 4.43 Å². The zero-order valence-corrected chi connectivity index (χ0v) is 17.7. The molecule has 3 N–H and O–H groups in total. The van der Waals surface area contributed by atoms with Crippen molar-refractivity contribution in [2.24, 2.45) is 5.73 Å². The minimum atomic E-state index is -0.361. The number of aromatic amines is 1. The van der Waals surface area contributed by atoms with Crippen LogP contribution < -0.4 is 11.3 Å². The van der Waals surface area contributed by atoms with Crippen LogP contribution in [0.15, 0.2) is 64.9 Å². The Morgan fingerprint density at radius 2 is 2.00 bits per heavy atom. The largest absolute Gasteiger partial charge is 0.328 e. The molecule has 1 atom stereocenters. The molecule has 0 radical (unpaired) electrons. The van der Waals surface area contributed by atoms with E-state index in [0.29, 0.717) is 10.9 Å². The molecule has 136 valence electrons. The van der Waals surface area contributed by atoms with Gasteiger partial charge in [-0.3, -0.25) is 4.79 Å². The molecule has 27 heavy (non-hydrogen) atoms. The minimum Gasteiger partial charge on any atom is -0.328 e. The number of nitrogens with one attached hydrogen (secondary N) is 1. The van der Waals surface area contributed by atoms with E-state index in [1.54, 1.807) is 17.5 Å². The lowest BCUT2D eigenvalue weighted by Crippen LogP contribution is -2.34. The summed E-state index contributed by atoms with van der Waals surface area (Å²) in [6, 6.07) is 16.1. The summed E-state index contributed by atoms with van der Waals surface area (Å²) in [5.74, 6) is 0. The highest BCUT2D eigenvalue weighted by Gasteiger charge is 2.20. The van der Waals surface area contributed by atoms with E-state index in [0.717, 1.165) is 31.7 Å². The van der Waals surface area contributed by atoms with Gasteiger partial charge >= 0.3 is 0 Å². The van der Waals surface area contributed by atoms with Crippen molar-refractivity contribution >= 4 is 44.8 Å². The van der Waals surface area contributed by atoms with Crippen LogP contribution in [0.5, 0.6) is 0 Å². The van der Waals surface area contributed by atoms with E-state index >= 15 is 0 Å². The fourth-order valence-corrected chi connectivity index (χ4v) is 4.22. The topological polar surface area (TPSA) is 71.8 Å². The Hall–Kier alpha value is -2.03. The summed E-state index contributed by atoms with van der Waals surface area (Å²) in [6.45, 7) is 2.03. The number of hydrogen-bond acceptors (Lipinski definition) is 4. The van der Waals surface area contributed by atoms with E-state index in [9.17, 15) is 4.79 Å². The lowest BCUT2D eigenvalue weighted by atomic mass is 9.93. The molecule has 1 unspecified atom stereocenters. The molecule has 0 fully saturated rings. The molecular formula is C21H18IN3OS. The second kappa shape index (κ2) is 7.18. The van der Waals surface area contributed by atoms with Crippen LogP contribution in [0.25, 0.3) is 32.6 Å².